The first kappa shape index (κ1) is 14.0. The van der Waals surface area contributed by atoms with Crippen molar-refractivity contribution in [2.75, 3.05) is 6.54 Å². The highest BCUT2D eigenvalue weighted by Crippen LogP contribution is 2.31. The van der Waals surface area contributed by atoms with Crippen molar-refractivity contribution in [2.45, 2.75) is 36.2 Å². The molecule has 0 unspecified atom stereocenters. The van der Waals surface area contributed by atoms with Crippen LogP contribution in [0.4, 0.5) is 0 Å². The van der Waals surface area contributed by atoms with Crippen LogP contribution in [0.5, 0.6) is 0 Å². The number of primary amides is 1. The van der Waals surface area contributed by atoms with Gasteiger partial charge in [0.05, 0.1) is 6.20 Å². The lowest BCUT2D eigenvalue weighted by Gasteiger charge is -2.27. The normalized spacial score (nSPS) is 24.7. The number of carbonyl (C=O) groups is 1. The zero-order chi connectivity index (χ0) is 14.0. The van der Waals surface area contributed by atoms with Gasteiger partial charge in [0.15, 0.2) is 0 Å². The van der Waals surface area contributed by atoms with Crippen molar-refractivity contribution in [1.29, 1.82) is 0 Å². The Balaban J connectivity index is 2.34. The first-order chi connectivity index (χ1) is 8.96. The van der Waals surface area contributed by atoms with Crippen LogP contribution in [0.15, 0.2) is 17.3 Å². The van der Waals surface area contributed by atoms with Crippen LogP contribution in [0, 0.1) is 0 Å². The zero-order valence-electron chi connectivity index (χ0n) is 10.3. The van der Waals surface area contributed by atoms with Crippen molar-refractivity contribution in [3.05, 3.63) is 12.4 Å². The average Bonchev–Trinajstić information content (AvgIpc) is 2.96. The van der Waals surface area contributed by atoms with Gasteiger partial charge < -0.3 is 11.5 Å². The Morgan fingerprint density at radius 1 is 1.47 bits per heavy atom. The second-order valence-corrected chi connectivity index (χ2v) is 6.40. The number of hydrogen-bond donors (Lipinski definition) is 3. The molecule has 1 aromatic rings. The molecule has 8 nitrogen and oxygen atoms in total. The molecule has 2 atom stereocenters. The summed E-state index contributed by atoms with van der Waals surface area (Å²) in [7, 11) is -3.70. The van der Waals surface area contributed by atoms with E-state index in [2.05, 4.69) is 10.2 Å². The molecule has 0 bridgehead atoms. The van der Waals surface area contributed by atoms with Gasteiger partial charge in [-0.2, -0.15) is 9.40 Å². The number of sulfonamides is 1. The Bertz CT molecular complexity index is 542. The summed E-state index contributed by atoms with van der Waals surface area (Å²) in [5.74, 6) is -0.518. The van der Waals surface area contributed by atoms with Crippen molar-refractivity contribution >= 4 is 15.9 Å². The summed E-state index contributed by atoms with van der Waals surface area (Å²) in [6.07, 6.45) is 3.77. The van der Waals surface area contributed by atoms with Crippen molar-refractivity contribution in [1.82, 2.24) is 14.5 Å². The smallest absolute Gasteiger partial charge is 0.246 e. The van der Waals surface area contributed by atoms with Crippen LogP contribution in [0.3, 0.4) is 0 Å². The van der Waals surface area contributed by atoms with E-state index in [9.17, 15) is 13.2 Å². The quantitative estimate of drug-likeness (QED) is 0.623. The maximum Gasteiger partial charge on any atom is 0.246 e. The van der Waals surface area contributed by atoms with Crippen molar-refractivity contribution in [3.63, 3.8) is 0 Å². The van der Waals surface area contributed by atoms with E-state index in [0.29, 0.717) is 12.8 Å². The lowest BCUT2D eigenvalue weighted by atomic mass is 10.1. The summed E-state index contributed by atoms with van der Waals surface area (Å²) in [5.41, 5.74) is 10.8. The van der Waals surface area contributed by atoms with E-state index < -0.39 is 22.0 Å². The SMILES string of the molecule is NC[C@@H]1CC[C@H](CC(N)=O)N1S(=O)(=O)c1cn[nH]c1. The van der Waals surface area contributed by atoms with Gasteiger partial charge in [0.1, 0.15) is 4.90 Å². The molecule has 0 aromatic carbocycles. The van der Waals surface area contributed by atoms with Crippen molar-refractivity contribution in [3.8, 4) is 0 Å². The predicted octanol–water partition coefficient (Wildman–Crippen LogP) is -1.23. The van der Waals surface area contributed by atoms with E-state index in [1.807, 2.05) is 0 Å². The van der Waals surface area contributed by atoms with Gasteiger partial charge in [0.25, 0.3) is 0 Å². The number of carbonyl (C=O) groups excluding carboxylic acids is 1. The van der Waals surface area contributed by atoms with E-state index in [0.717, 1.165) is 0 Å². The molecule has 106 valence electrons. The van der Waals surface area contributed by atoms with Gasteiger partial charge in [-0.3, -0.25) is 9.89 Å². The maximum atomic E-state index is 12.5. The van der Waals surface area contributed by atoms with Crippen LogP contribution >= 0.6 is 0 Å². The Morgan fingerprint density at radius 3 is 2.68 bits per heavy atom. The largest absolute Gasteiger partial charge is 0.370 e. The summed E-state index contributed by atoms with van der Waals surface area (Å²) >= 11 is 0. The van der Waals surface area contributed by atoms with Crippen molar-refractivity contribution in [2.24, 2.45) is 11.5 Å². The molecule has 0 radical (unpaired) electrons. The number of aromatic nitrogens is 2. The molecule has 0 aliphatic carbocycles. The maximum absolute atomic E-state index is 12.5. The third-order valence-corrected chi connectivity index (χ3v) is 5.28. The number of amides is 1. The highest BCUT2D eigenvalue weighted by molar-refractivity contribution is 7.89. The fourth-order valence-electron chi connectivity index (χ4n) is 2.48. The molecule has 0 spiro atoms. The fraction of sp³-hybridized carbons (Fsp3) is 0.600. The van der Waals surface area contributed by atoms with Crippen LogP contribution in [0.1, 0.15) is 19.3 Å². The van der Waals surface area contributed by atoms with E-state index in [4.69, 9.17) is 11.5 Å². The number of nitrogens with zero attached hydrogens (tertiary/aromatic N) is 2. The summed E-state index contributed by atoms with van der Waals surface area (Å²) < 4.78 is 26.3. The molecule has 2 rings (SSSR count). The van der Waals surface area contributed by atoms with Gasteiger partial charge in [0.2, 0.25) is 15.9 Å². The van der Waals surface area contributed by atoms with Crippen LogP contribution in [-0.4, -0.2) is 47.5 Å². The van der Waals surface area contributed by atoms with Crippen LogP contribution in [-0.2, 0) is 14.8 Å². The van der Waals surface area contributed by atoms with E-state index >= 15 is 0 Å². The third kappa shape index (κ3) is 2.62. The Morgan fingerprint density at radius 2 is 2.16 bits per heavy atom. The molecule has 1 aliphatic rings. The third-order valence-electron chi connectivity index (χ3n) is 3.31. The van der Waals surface area contributed by atoms with E-state index in [1.165, 1.54) is 16.7 Å². The van der Waals surface area contributed by atoms with Crippen molar-refractivity contribution < 1.29 is 13.2 Å². The number of nitrogens with one attached hydrogen (secondary N) is 1. The topological polar surface area (TPSA) is 135 Å². The minimum Gasteiger partial charge on any atom is -0.370 e. The summed E-state index contributed by atoms with van der Waals surface area (Å²) in [6.45, 7) is 0.215. The molecule has 19 heavy (non-hydrogen) atoms. The molecule has 1 aromatic heterocycles. The minimum absolute atomic E-state index is 0.00752. The number of hydrogen-bond acceptors (Lipinski definition) is 5. The van der Waals surface area contributed by atoms with Crippen LogP contribution < -0.4 is 11.5 Å². The summed E-state index contributed by atoms with van der Waals surface area (Å²) in [6, 6.07) is -0.727. The van der Waals surface area contributed by atoms with E-state index in [1.54, 1.807) is 0 Å². The van der Waals surface area contributed by atoms with Gasteiger partial charge in [-0.05, 0) is 12.8 Å². The minimum atomic E-state index is -3.70. The lowest BCUT2D eigenvalue weighted by molar-refractivity contribution is -0.118. The highest BCUT2D eigenvalue weighted by atomic mass is 32.2. The summed E-state index contributed by atoms with van der Waals surface area (Å²) in [4.78, 5) is 11.1. The first-order valence-electron chi connectivity index (χ1n) is 5.97. The molecule has 2 heterocycles. The van der Waals surface area contributed by atoms with E-state index in [-0.39, 0.29) is 23.9 Å². The monoisotopic (exact) mass is 287 g/mol. The molecule has 0 saturated carbocycles. The average molecular weight is 287 g/mol. The standard InChI is InChI=1S/C10H17N5O3S/c11-4-8-2-1-7(3-10(12)16)15(8)19(17,18)9-5-13-14-6-9/h5-8H,1-4,11H2,(H2,12,16)(H,13,14)/t7-,8+/m1/s1. The number of H-pyrrole nitrogens is 1. The Hall–Kier alpha value is -1.45. The molecular formula is C10H17N5O3S. The molecule has 5 N–H and O–H groups in total. The van der Waals surface area contributed by atoms with Gasteiger partial charge in [0, 0.05) is 31.2 Å². The molecule has 1 amide bonds. The molecule has 1 aliphatic heterocycles. The first-order valence-corrected chi connectivity index (χ1v) is 7.41. The van der Waals surface area contributed by atoms with Gasteiger partial charge in [-0.1, -0.05) is 0 Å². The van der Waals surface area contributed by atoms with Gasteiger partial charge >= 0.3 is 0 Å². The van der Waals surface area contributed by atoms with Crippen LogP contribution in [0.2, 0.25) is 0 Å². The zero-order valence-corrected chi connectivity index (χ0v) is 11.1. The number of rotatable bonds is 5. The predicted molar refractivity (Wildman–Crippen MR) is 67.3 cm³/mol. The molecular weight excluding hydrogens is 270 g/mol. The summed E-state index contributed by atoms with van der Waals surface area (Å²) in [5, 5.41) is 6.11. The molecule has 1 fully saturated rings. The van der Waals surface area contributed by atoms with Gasteiger partial charge in [-0.15, -0.1) is 0 Å². The lowest BCUT2D eigenvalue weighted by Crippen LogP contribution is -2.45. The second-order valence-electron chi connectivity index (χ2n) is 4.56. The number of aromatic amines is 1. The molecule has 9 heteroatoms. The molecule has 1 saturated heterocycles. The Kier molecular flexibility index (Phi) is 3.88. The fourth-order valence-corrected chi connectivity index (χ4v) is 4.27. The Labute approximate surface area is 111 Å². The number of nitrogens with two attached hydrogens (primary N) is 2. The van der Waals surface area contributed by atoms with Gasteiger partial charge in [-0.25, -0.2) is 8.42 Å². The van der Waals surface area contributed by atoms with Crippen LogP contribution in [0.25, 0.3) is 0 Å². The highest BCUT2D eigenvalue weighted by Gasteiger charge is 2.42. The second kappa shape index (κ2) is 5.27.